The topological polar surface area (TPSA) is 131 Å². The van der Waals surface area contributed by atoms with E-state index in [4.69, 9.17) is 18.9 Å². The summed E-state index contributed by atoms with van der Waals surface area (Å²) in [5.41, 5.74) is 2.95. The van der Waals surface area contributed by atoms with Crippen molar-refractivity contribution >= 4 is 41.4 Å². The lowest BCUT2D eigenvalue weighted by Crippen LogP contribution is -2.51. The smallest absolute Gasteiger partial charge is 0.326 e. The molecular weight excluding hydrogens is 659 g/mol. The van der Waals surface area contributed by atoms with E-state index in [0.717, 1.165) is 23.3 Å². The molecule has 0 radical (unpaired) electrons. The van der Waals surface area contributed by atoms with E-state index in [9.17, 15) is 14.4 Å². The van der Waals surface area contributed by atoms with Gasteiger partial charge in [-0.3, -0.25) is 14.3 Å². The van der Waals surface area contributed by atoms with Crippen molar-refractivity contribution in [1.82, 2.24) is 14.8 Å². The van der Waals surface area contributed by atoms with E-state index in [1.165, 1.54) is 31.1 Å². The highest BCUT2D eigenvalue weighted by atomic mass is 32.2. The van der Waals surface area contributed by atoms with Crippen LogP contribution in [0.5, 0.6) is 23.0 Å². The molecule has 4 rings (SSSR count). The van der Waals surface area contributed by atoms with Crippen LogP contribution in [0.3, 0.4) is 0 Å². The second kappa shape index (κ2) is 18.4. The van der Waals surface area contributed by atoms with Crippen molar-refractivity contribution in [3.8, 4) is 23.0 Å². The second-order valence-electron chi connectivity index (χ2n) is 11.2. The van der Waals surface area contributed by atoms with Crippen molar-refractivity contribution in [3.05, 3.63) is 108 Å². The number of carbonyl (C=O) groups excluding carboxylic acids is 3. The molecule has 0 fully saturated rings. The lowest BCUT2D eigenvalue weighted by molar-refractivity contribution is -0.120. The van der Waals surface area contributed by atoms with Gasteiger partial charge in [0.25, 0.3) is 0 Å². The molecule has 0 aliphatic carbocycles. The Morgan fingerprint density at radius 2 is 1.14 bits per heavy atom. The number of likely N-dealkylation sites (N-methyl/N-ethyl adjacent to an activating group) is 2. The summed E-state index contributed by atoms with van der Waals surface area (Å²) >= 11 is 0.852. The van der Waals surface area contributed by atoms with Crippen LogP contribution in [-0.2, 0) is 22.4 Å². The summed E-state index contributed by atoms with van der Waals surface area (Å²) in [6, 6.07) is 27.1. The highest BCUT2D eigenvalue weighted by Crippen LogP contribution is 2.41. The van der Waals surface area contributed by atoms with Gasteiger partial charge in [0.15, 0.2) is 11.5 Å². The monoisotopic (exact) mass is 701 g/mol. The summed E-state index contributed by atoms with van der Waals surface area (Å²) in [5, 5.41) is 2.81. The third kappa shape index (κ3) is 9.83. The van der Waals surface area contributed by atoms with Crippen LogP contribution in [-0.4, -0.2) is 72.5 Å². The molecule has 0 bridgehead atoms. The van der Waals surface area contributed by atoms with Gasteiger partial charge in [-0.15, -0.1) is 0 Å². The number of hydrogen-bond donors (Lipinski definition) is 3. The number of anilines is 2. The van der Waals surface area contributed by atoms with E-state index in [2.05, 4.69) is 14.8 Å². The Bertz CT molecular complexity index is 1690. The maximum absolute atomic E-state index is 13.9. The first-order chi connectivity index (χ1) is 24.2. The van der Waals surface area contributed by atoms with Crippen LogP contribution in [0.25, 0.3) is 0 Å². The van der Waals surface area contributed by atoms with Gasteiger partial charge in [-0.1, -0.05) is 60.7 Å². The Labute approximate surface area is 297 Å². The maximum Gasteiger partial charge on any atom is 0.326 e. The van der Waals surface area contributed by atoms with E-state index in [1.54, 1.807) is 57.6 Å². The fourth-order valence-corrected chi connectivity index (χ4v) is 5.74. The molecule has 4 aromatic carbocycles. The van der Waals surface area contributed by atoms with Gasteiger partial charge >= 0.3 is 6.03 Å². The first-order valence-electron chi connectivity index (χ1n) is 15.7. The lowest BCUT2D eigenvalue weighted by Gasteiger charge is -2.26. The van der Waals surface area contributed by atoms with E-state index < -0.39 is 18.1 Å². The molecule has 50 heavy (non-hydrogen) atoms. The van der Waals surface area contributed by atoms with Crippen LogP contribution in [0.4, 0.5) is 16.2 Å². The summed E-state index contributed by atoms with van der Waals surface area (Å²) in [6.07, 6.45) is 0.590. The van der Waals surface area contributed by atoms with Gasteiger partial charge in [-0.25, -0.2) is 9.52 Å². The number of carbonyl (C=O) groups is 3. The van der Waals surface area contributed by atoms with Crippen molar-refractivity contribution in [2.24, 2.45) is 0 Å². The Kier molecular flexibility index (Phi) is 13.8. The molecule has 0 aromatic heterocycles. The van der Waals surface area contributed by atoms with Crippen LogP contribution in [0, 0.1) is 0 Å². The SMILES string of the molecule is COc1ccc(N(C)C(=O)[C@H](Cc2ccccc2)NC(=O)NSN[C@@H](Cc2ccccc2)C(=O)N(C)c2cc(OC)c(OC)c(OC)c2)cc1. The zero-order valence-corrected chi connectivity index (χ0v) is 29.8. The minimum absolute atomic E-state index is 0.264. The minimum atomic E-state index is -0.891. The average Bonchev–Trinajstić information content (AvgIpc) is 3.16. The number of rotatable bonds is 16. The van der Waals surface area contributed by atoms with E-state index in [-0.39, 0.29) is 18.2 Å². The van der Waals surface area contributed by atoms with Gasteiger partial charge in [0.1, 0.15) is 17.8 Å². The summed E-state index contributed by atoms with van der Waals surface area (Å²) in [4.78, 5) is 43.9. The molecule has 12 nitrogen and oxygen atoms in total. The molecule has 2 atom stereocenters. The Morgan fingerprint density at radius 1 is 0.640 bits per heavy atom. The number of urea groups is 1. The van der Waals surface area contributed by atoms with E-state index in [0.29, 0.717) is 40.8 Å². The van der Waals surface area contributed by atoms with Crippen molar-refractivity contribution in [3.63, 3.8) is 0 Å². The first-order valence-corrected chi connectivity index (χ1v) is 16.6. The fourth-order valence-electron chi connectivity index (χ4n) is 5.20. The third-order valence-corrected chi connectivity index (χ3v) is 8.66. The van der Waals surface area contributed by atoms with Gasteiger partial charge in [-0.2, -0.15) is 0 Å². The maximum atomic E-state index is 13.9. The average molecular weight is 702 g/mol. The van der Waals surface area contributed by atoms with Crippen molar-refractivity contribution in [2.75, 3.05) is 52.3 Å². The number of nitrogens with one attached hydrogen (secondary N) is 3. The molecule has 0 saturated heterocycles. The third-order valence-electron chi connectivity index (χ3n) is 7.97. The van der Waals surface area contributed by atoms with Gasteiger partial charge < -0.3 is 34.1 Å². The first kappa shape index (κ1) is 37.4. The highest BCUT2D eigenvalue weighted by Gasteiger charge is 2.28. The van der Waals surface area contributed by atoms with Crippen LogP contribution in [0.1, 0.15) is 11.1 Å². The lowest BCUT2D eigenvalue weighted by atomic mass is 10.0. The molecule has 0 aliphatic rings. The number of nitrogens with zero attached hydrogens (tertiary/aromatic N) is 2. The molecule has 13 heteroatoms. The van der Waals surface area contributed by atoms with Gasteiger partial charge in [0, 0.05) is 50.5 Å². The number of methoxy groups -OCH3 is 4. The van der Waals surface area contributed by atoms with E-state index >= 15 is 0 Å². The Balaban J connectivity index is 1.48. The molecular formula is C37H43N5O7S. The molecule has 0 heterocycles. The zero-order valence-electron chi connectivity index (χ0n) is 29.0. The molecule has 0 aliphatic heterocycles. The molecule has 0 unspecified atom stereocenters. The van der Waals surface area contributed by atoms with Crippen LogP contribution >= 0.6 is 12.1 Å². The largest absolute Gasteiger partial charge is 0.497 e. The second-order valence-corrected chi connectivity index (χ2v) is 11.8. The van der Waals surface area contributed by atoms with Crippen LogP contribution < -0.4 is 43.5 Å². The molecule has 4 amide bonds. The number of benzene rings is 4. The predicted octanol–water partition coefficient (Wildman–Crippen LogP) is 5.02. The number of amides is 4. The quantitative estimate of drug-likeness (QED) is 0.138. The minimum Gasteiger partial charge on any atom is -0.497 e. The number of hydrogen-bond acceptors (Lipinski definition) is 9. The van der Waals surface area contributed by atoms with Gasteiger partial charge in [-0.05, 0) is 41.8 Å². The van der Waals surface area contributed by atoms with Crippen molar-refractivity contribution < 1.29 is 33.3 Å². The highest BCUT2D eigenvalue weighted by molar-refractivity contribution is 7.96. The van der Waals surface area contributed by atoms with Crippen molar-refractivity contribution in [2.45, 2.75) is 24.9 Å². The summed E-state index contributed by atoms with van der Waals surface area (Å²) < 4.78 is 27.4. The van der Waals surface area contributed by atoms with Crippen LogP contribution in [0.15, 0.2) is 97.1 Å². The summed E-state index contributed by atoms with van der Waals surface area (Å²) in [5.74, 6) is 1.28. The number of ether oxygens (including phenoxy) is 4. The molecule has 264 valence electrons. The molecule has 0 saturated carbocycles. The molecule has 4 aromatic rings. The normalized spacial score (nSPS) is 11.8. The van der Waals surface area contributed by atoms with Crippen molar-refractivity contribution in [1.29, 1.82) is 0 Å². The summed E-state index contributed by atoms with van der Waals surface area (Å²) in [6.45, 7) is 0. The predicted molar refractivity (Wildman–Crippen MR) is 196 cm³/mol. The molecule has 0 spiro atoms. The Morgan fingerprint density at radius 3 is 1.64 bits per heavy atom. The van der Waals surface area contributed by atoms with Gasteiger partial charge in [0.05, 0.1) is 34.1 Å². The van der Waals surface area contributed by atoms with Crippen LogP contribution in [0.2, 0.25) is 0 Å². The van der Waals surface area contributed by atoms with E-state index in [1.807, 2.05) is 60.7 Å². The Hall–Kier alpha value is -5.40. The van der Waals surface area contributed by atoms with Gasteiger partial charge in [0.2, 0.25) is 17.6 Å². The standard InChI is InChI=1S/C37H43N5O7S/c1-41(27-17-19-29(46-3)20-18-27)35(43)30(21-25-13-9-7-10-14-25)38-37(45)40-50-39-31(22-26-15-11-8-12-16-26)36(44)42(2)28-23-32(47-4)34(49-6)33(24-28)48-5/h7-20,23-24,30-31,39H,21-22H2,1-6H3,(H2,38,40,45)/t30-,31-/m0/s1. The summed E-state index contributed by atoms with van der Waals surface area (Å²) in [7, 11) is 9.39. The molecule has 3 N–H and O–H groups in total. The zero-order chi connectivity index (χ0) is 36.0. The fraction of sp³-hybridized carbons (Fsp3) is 0.270.